The van der Waals surface area contributed by atoms with E-state index in [-0.39, 0.29) is 11.6 Å². The number of thioether (sulfide) groups is 1. The smallest absolute Gasteiger partial charge is 0.326 e. The number of aryl methyl sites for hydroxylation is 1. The van der Waals surface area contributed by atoms with Crippen molar-refractivity contribution >= 4 is 11.8 Å². The highest BCUT2D eigenvalue weighted by Crippen LogP contribution is 2.35. The van der Waals surface area contributed by atoms with Crippen LogP contribution in [0, 0.1) is 0 Å². The van der Waals surface area contributed by atoms with Crippen LogP contribution in [-0.2, 0) is 6.42 Å². The number of hydrogen-bond donors (Lipinski definition) is 2. The van der Waals surface area contributed by atoms with Crippen LogP contribution in [0.25, 0.3) is 0 Å². The Bertz CT molecular complexity index is 490. The van der Waals surface area contributed by atoms with E-state index in [0.29, 0.717) is 23.9 Å². The first-order valence-electron chi connectivity index (χ1n) is 6.37. The van der Waals surface area contributed by atoms with Gasteiger partial charge in [0, 0.05) is 17.8 Å². The summed E-state index contributed by atoms with van der Waals surface area (Å²) < 4.78 is 38.9. The fourth-order valence-corrected chi connectivity index (χ4v) is 2.73. The van der Waals surface area contributed by atoms with Gasteiger partial charge in [-0.05, 0) is 12.8 Å². The highest BCUT2D eigenvalue weighted by atomic mass is 32.2. The van der Waals surface area contributed by atoms with E-state index in [2.05, 4.69) is 9.97 Å². The largest absolute Gasteiger partial charge is 0.402 e. The van der Waals surface area contributed by atoms with Gasteiger partial charge in [0.25, 0.3) is 5.56 Å². The van der Waals surface area contributed by atoms with Crippen molar-refractivity contribution in [3.8, 4) is 0 Å². The van der Waals surface area contributed by atoms with Gasteiger partial charge >= 0.3 is 6.18 Å². The van der Waals surface area contributed by atoms with Crippen molar-refractivity contribution in [2.24, 2.45) is 5.73 Å². The van der Waals surface area contributed by atoms with Gasteiger partial charge in [-0.2, -0.15) is 13.2 Å². The molecule has 2 unspecified atom stereocenters. The van der Waals surface area contributed by atoms with Crippen molar-refractivity contribution in [2.75, 3.05) is 0 Å². The van der Waals surface area contributed by atoms with Crippen molar-refractivity contribution in [1.82, 2.24) is 9.97 Å². The first kappa shape index (κ1) is 17.0. The van der Waals surface area contributed by atoms with Crippen LogP contribution >= 0.6 is 11.8 Å². The molecular formula is C12H18F3N3OS. The molecule has 3 N–H and O–H groups in total. The summed E-state index contributed by atoms with van der Waals surface area (Å²) in [5.41, 5.74) is 5.57. The molecule has 0 aromatic carbocycles. The monoisotopic (exact) mass is 309 g/mol. The van der Waals surface area contributed by atoms with Gasteiger partial charge in [-0.25, -0.2) is 4.98 Å². The van der Waals surface area contributed by atoms with Crippen LogP contribution in [0.3, 0.4) is 0 Å². The van der Waals surface area contributed by atoms with Crippen LogP contribution in [0.1, 0.15) is 32.4 Å². The quantitative estimate of drug-likeness (QED) is 0.625. The molecule has 0 aliphatic carbocycles. The highest BCUT2D eigenvalue weighted by Gasteiger charge is 2.44. The Labute approximate surface area is 119 Å². The number of aromatic amines is 1. The van der Waals surface area contributed by atoms with E-state index >= 15 is 0 Å². The predicted octanol–water partition coefficient (Wildman–Crippen LogP) is 2.48. The molecule has 8 heteroatoms. The van der Waals surface area contributed by atoms with Gasteiger partial charge in [-0.3, -0.25) is 4.79 Å². The zero-order valence-electron chi connectivity index (χ0n) is 11.3. The minimum absolute atomic E-state index is 0.0350. The Balaban J connectivity index is 3.02. The standard InChI is InChI=1S/C12H18F3N3OS/c1-3-5-7-6-9(19)18-11(17-7)20-10(8(16)4-2)12(13,14)15/h6,8,10H,3-5,16H2,1-2H3,(H,17,18,19). The first-order chi connectivity index (χ1) is 9.27. The van der Waals surface area contributed by atoms with Gasteiger partial charge in [-0.15, -0.1) is 0 Å². The molecular weight excluding hydrogens is 291 g/mol. The number of H-pyrrole nitrogens is 1. The van der Waals surface area contributed by atoms with Gasteiger partial charge in [0.1, 0.15) is 5.25 Å². The Morgan fingerprint density at radius 2 is 2.10 bits per heavy atom. The highest BCUT2D eigenvalue weighted by molar-refractivity contribution is 7.99. The lowest BCUT2D eigenvalue weighted by atomic mass is 10.1. The maximum Gasteiger partial charge on any atom is 0.402 e. The Morgan fingerprint density at radius 3 is 2.60 bits per heavy atom. The molecule has 0 aliphatic rings. The second kappa shape index (κ2) is 7.12. The van der Waals surface area contributed by atoms with Crippen LogP contribution in [0.2, 0.25) is 0 Å². The molecule has 114 valence electrons. The number of nitrogens with zero attached hydrogens (tertiary/aromatic N) is 1. The van der Waals surface area contributed by atoms with E-state index in [4.69, 9.17) is 5.73 Å². The molecule has 0 saturated heterocycles. The SMILES string of the molecule is CCCc1cc(=O)[nH]c(SC(C(N)CC)C(F)(F)F)n1. The lowest BCUT2D eigenvalue weighted by molar-refractivity contribution is -0.132. The number of nitrogens with one attached hydrogen (secondary N) is 1. The summed E-state index contributed by atoms with van der Waals surface area (Å²) in [6.45, 7) is 3.49. The van der Waals surface area contributed by atoms with Gasteiger partial charge in [0.05, 0.1) is 0 Å². The maximum absolute atomic E-state index is 13.0. The maximum atomic E-state index is 13.0. The Hall–Kier alpha value is -1.02. The molecule has 1 rings (SSSR count). The topological polar surface area (TPSA) is 71.8 Å². The number of hydrogen-bond acceptors (Lipinski definition) is 4. The van der Waals surface area contributed by atoms with E-state index in [1.54, 1.807) is 6.92 Å². The molecule has 0 bridgehead atoms. The van der Waals surface area contributed by atoms with Crippen LogP contribution in [0.5, 0.6) is 0 Å². The van der Waals surface area contributed by atoms with Gasteiger partial charge in [0.15, 0.2) is 5.16 Å². The second-order valence-electron chi connectivity index (χ2n) is 4.44. The minimum atomic E-state index is -4.45. The van der Waals surface area contributed by atoms with Crippen molar-refractivity contribution in [3.63, 3.8) is 0 Å². The first-order valence-corrected chi connectivity index (χ1v) is 7.25. The van der Waals surface area contributed by atoms with Gasteiger partial charge in [0.2, 0.25) is 0 Å². The lowest BCUT2D eigenvalue weighted by Gasteiger charge is -2.24. The van der Waals surface area contributed by atoms with Crippen molar-refractivity contribution < 1.29 is 13.2 Å². The number of rotatable bonds is 6. The van der Waals surface area contributed by atoms with E-state index in [1.807, 2.05) is 6.92 Å². The van der Waals surface area contributed by atoms with E-state index < -0.39 is 23.0 Å². The number of halogens is 3. The third kappa shape index (κ3) is 4.82. The molecule has 0 spiro atoms. The summed E-state index contributed by atoms with van der Waals surface area (Å²) >= 11 is 0.466. The van der Waals surface area contributed by atoms with Crippen molar-refractivity contribution in [3.05, 3.63) is 22.1 Å². The molecule has 0 aliphatic heterocycles. The van der Waals surface area contributed by atoms with Gasteiger partial charge < -0.3 is 10.7 Å². The average Bonchev–Trinajstić information content (AvgIpc) is 2.33. The fourth-order valence-electron chi connectivity index (χ4n) is 1.65. The number of alkyl halides is 3. The third-order valence-corrected chi connectivity index (χ3v) is 3.99. The molecule has 0 radical (unpaired) electrons. The Morgan fingerprint density at radius 1 is 1.45 bits per heavy atom. The Kier molecular flexibility index (Phi) is 6.07. The van der Waals surface area contributed by atoms with E-state index in [0.717, 1.165) is 6.42 Å². The van der Waals surface area contributed by atoms with Gasteiger partial charge in [-0.1, -0.05) is 32.0 Å². The summed E-state index contributed by atoms with van der Waals surface area (Å²) in [6, 6.07) is 0.260. The second-order valence-corrected chi connectivity index (χ2v) is 5.57. The lowest BCUT2D eigenvalue weighted by Crippen LogP contribution is -2.42. The third-order valence-electron chi connectivity index (χ3n) is 2.70. The van der Waals surface area contributed by atoms with E-state index in [1.165, 1.54) is 6.07 Å². The van der Waals surface area contributed by atoms with Crippen molar-refractivity contribution in [2.45, 2.75) is 55.7 Å². The molecule has 1 aromatic heterocycles. The summed E-state index contributed by atoms with van der Waals surface area (Å²) in [5.74, 6) is 0. The normalized spacial score (nSPS) is 15.1. The zero-order valence-corrected chi connectivity index (χ0v) is 12.1. The van der Waals surface area contributed by atoms with Crippen LogP contribution < -0.4 is 11.3 Å². The molecule has 1 heterocycles. The molecule has 0 saturated carbocycles. The molecule has 4 nitrogen and oxygen atoms in total. The molecule has 20 heavy (non-hydrogen) atoms. The summed E-state index contributed by atoms with van der Waals surface area (Å²) in [6.07, 6.45) is -2.94. The molecule has 1 aromatic rings. The zero-order chi connectivity index (χ0) is 15.3. The summed E-state index contributed by atoms with van der Waals surface area (Å²) in [5, 5.41) is -1.82. The summed E-state index contributed by atoms with van der Waals surface area (Å²) in [7, 11) is 0. The fraction of sp³-hybridized carbons (Fsp3) is 0.667. The summed E-state index contributed by atoms with van der Waals surface area (Å²) in [4.78, 5) is 17.8. The number of aromatic nitrogens is 2. The predicted molar refractivity (Wildman–Crippen MR) is 72.8 cm³/mol. The average molecular weight is 309 g/mol. The van der Waals surface area contributed by atoms with Crippen LogP contribution in [-0.4, -0.2) is 27.4 Å². The van der Waals surface area contributed by atoms with Crippen LogP contribution in [0.4, 0.5) is 13.2 Å². The molecule has 2 atom stereocenters. The van der Waals surface area contributed by atoms with Crippen LogP contribution in [0.15, 0.2) is 16.0 Å². The minimum Gasteiger partial charge on any atom is -0.326 e. The molecule has 0 amide bonds. The van der Waals surface area contributed by atoms with Crippen molar-refractivity contribution in [1.29, 1.82) is 0 Å². The number of nitrogens with two attached hydrogens (primary N) is 1. The van der Waals surface area contributed by atoms with E-state index in [9.17, 15) is 18.0 Å². The molecule has 0 fully saturated rings.